The number of alkyl halides is 1. The molecule has 2 aromatic rings. The second-order valence-electron chi connectivity index (χ2n) is 3.73. The van der Waals surface area contributed by atoms with Crippen LogP contribution in [-0.2, 0) is 5.33 Å². The van der Waals surface area contributed by atoms with Crippen LogP contribution in [-0.4, -0.2) is 0 Å². The number of benzene rings is 2. The normalized spacial score (nSPS) is 10.6. The molecule has 0 saturated heterocycles. The summed E-state index contributed by atoms with van der Waals surface area (Å²) in [6, 6.07) is 5.99. The molecule has 0 aromatic heterocycles. The molecule has 0 amide bonds. The van der Waals surface area contributed by atoms with E-state index >= 15 is 0 Å². The topological polar surface area (TPSA) is 9.23 Å². The molecule has 2 aromatic carbocycles. The molecule has 0 atom stereocenters. The predicted molar refractivity (Wildman–Crippen MR) is 73.2 cm³/mol. The Labute approximate surface area is 124 Å². The fourth-order valence-corrected chi connectivity index (χ4v) is 2.26. The first kappa shape index (κ1) is 14.4. The average Bonchev–Trinajstić information content (AvgIpc) is 2.32. The van der Waals surface area contributed by atoms with Gasteiger partial charge in [0.2, 0.25) is 0 Å². The molecule has 0 N–H and O–H groups in total. The molecule has 0 saturated carbocycles. The number of rotatable bonds is 3. The van der Waals surface area contributed by atoms with Crippen LogP contribution in [0.15, 0.2) is 34.8 Å². The molecule has 2 rings (SSSR count). The van der Waals surface area contributed by atoms with E-state index in [0.29, 0.717) is 15.4 Å². The van der Waals surface area contributed by atoms with E-state index < -0.39 is 23.2 Å². The van der Waals surface area contributed by atoms with E-state index in [-0.39, 0.29) is 5.75 Å². The van der Waals surface area contributed by atoms with Crippen molar-refractivity contribution in [3.8, 4) is 11.5 Å². The summed E-state index contributed by atoms with van der Waals surface area (Å²) in [5.41, 5.74) is 0.447. The van der Waals surface area contributed by atoms with Gasteiger partial charge in [-0.2, -0.15) is 0 Å². The minimum Gasteiger partial charge on any atom is -0.451 e. The highest BCUT2D eigenvalue weighted by molar-refractivity contribution is 9.10. The highest BCUT2D eigenvalue weighted by Gasteiger charge is 2.14. The van der Waals surface area contributed by atoms with Crippen LogP contribution in [0.2, 0.25) is 0 Å². The van der Waals surface area contributed by atoms with Gasteiger partial charge in [-0.25, -0.2) is 13.2 Å². The van der Waals surface area contributed by atoms with Crippen LogP contribution in [0.25, 0.3) is 0 Å². The average molecular weight is 396 g/mol. The molecule has 0 heterocycles. The summed E-state index contributed by atoms with van der Waals surface area (Å²) < 4.78 is 46.0. The summed E-state index contributed by atoms with van der Waals surface area (Å²) in [5.74, 6) is -2.79. The summed E-state index contributed by atoms with van der Waals surface area (Å²) in [4.78, 5) is 0. The van der Waals surface area contributed by atoms with Gasteiger partial charge in [-0.15, -0.1) is 0 Å². The van der Waals surface area contributed by atoms with Crippen molar-refractivity contribution in [2.45, 2.75) is 5.33 Å². The van der Waals surface area contributed by atoms with Gasteiger partial charge in [0, 0.05) is 15.9 Å². The smallest absolute Gasteiger partial charge is 0.198 e. The lowest BCUT2D eigenvalue weighted by Gasteiger charge is -2.09. The largest absolute Gasteiger partial charge is 0.451 e. The Balaban J connectivity index is 2.38. The number of halogens is 5. The standard InChI is InChI=1S/C13H7Br2F3O/c14-6-7-1-11(17)13(12(18)2-7)19-10-4-8(15)3-9(16)5-10/h1-5H,6H2. The summed E-state index contributed by atoms with van der Waals surface area (Å²) in [5, 5.41) is 0.326. The fourth-order valence-electron chi connectivity index (χ4n) is 1.49. The predicted octanol–water partition coefficient (Wildman–Crippen LogP) is 5.55. The number of ether oxygens (including phenoxy) is 1. The third-order valence-corrected chi connectivity index (χ3v) is 3.37. The van der Waals surface area contributed by atoms with Crippen molar-refractivity contribution in [3.63, 3.8) is 0 Å². The van der Waals surface area contributed by atoms with Crippen molar-refractivity contribution in [2.75, 3.05) is 0 Å². The first-order valence-electron chi connectivity index (χ1n) is 5.17. The summed E-state index contributed by atoms with van der Waals surface area (Å²) in [7, 11) is 0. The third kappa shape index (κ3) is 3.51. The van der Waals surface area contributed by atoms with Crippen LogP contribution in [0.5, 0.6) is 11.5 Å². The Morgan fingerprint density at radius 2 is 1.58 bits per heavy atom. The van der Waals surface area contributed by atoms with Gasteiger partial charge in [0.1, 0.15) is 11.6 Å². The van der Waals surface area contributed by atoms with E-state index in [1.807, 2.05) is 0 Å². The Morgan fingerprint density at radius 3 is 2.11 bits per heavy atom. The number of hydrogen-bond donors (Lipinski definition) is 0. The van der Waals surface area contributed by atoms with Crippen LogP contribution in [0.4, 0.5) is 13.2 Å². The van der Waals surface area contributed by atoms with Crippen molar-refractivity contribution in [1.29, 1.82) is 0 Å². The molecule has 1 nitrogen and oxygen atoms in total. The van der Waals surface area contributed by atoms with E-state index in [9.17, 15) is 13.2 Å². The summed E-state index contributed by atoms with van der Waals surface area (Å²) in [6.45, 7) is 0. The van der Waals surface area contributed by atoms with Gasteiger partial charge in [0.05, 0.1) is 0 Å². The molecule has 100 valence electrons. The molecule has 0 aliphatic rings. The first-order chi connectivity index (χ1) is 8.99. The van der Waals surface area contributed by atoms with E-state index in [2.05, 4.69) is 31.9 Å². The molecule has 0 aliphatic heterocycles. The molecular formula is C13H7Br2F3O. The van der Waals surface area contributed by atoms with Crippen LogP contribution in [0, 0.1) is 17.5 Å². The van der Waals surface area contributed by atoms with Crippen LogP contribution >= 0.6 is 31.9 Å². The Hall–Kier alpha value is -1.01. The van der Waals surface area contributed by atoms with E-state index in [0.717, 1.165) is 18.2 Å². The lowest BCUT2D eigenvalue weighted by atomic mass is 10.2. The Morgan fingerprint density at radius 1 is 0.947 bits per heavy atom. The zero-order valence-electron chi connectivity index (χ0n) is 9.39. The van der Waals surface area contributed by atoms with Crippen molar-refractivity contribution in [3.05, 3.63) is 57.8 Å². The van der Waals surface area contributed by atoms with E-state index in [1.165, 1.54) is 12.1 Å². The lowest BCUT2D eigenvalue weighted by Crippen LogP contribution is -1.95. The number of hydrogen-bond acceptors (Lipinski definition) is 1. The van der Waals surface area contributed by atoms with Gasteiger partial charge in [-0.05, 0) is 29.8 Å². The van der Waals surface area contributed by atoms with Gasteiger partial charge in [-0.1, -0.05) is 31.9 Å². The molecule has 6 heteroatoms. The van der Waals surface area contributed by atoms with Gasteiger partial charge >= 0.3 is 0 Å². The molecule has 0 unspecified atom stereocenters. The molecule has 0 aliphatic carbocycles. The molecule has 0 fully saturated rings. The molecule has 0 spiro atoms. The van der Waals surface area contributed by atoms with Crippen LogP contribution in [0.1, 0.15) is 5.56 Å². The van der Waals surface area contributed by atoms with E-state index in [1.54, 1.807) is 0 Å². The van der Waals surface area contributed by atoms with Gasteiger partial charge in [-0.3, -0.25) is 0 Å². The highest BCUT2D eigenvalue weighted by atomic mass is 79.9. The molecule has 0 bridgehead atoms. The molecule has 19 heavy (non-hydrogen) atoms. The Kier molecular flexibility index (Phi) is 4.52. The van der Waals surface area contributed by atoms with Crippen molar-refractivity contribution < 1.29 is 17.9 Å². The zero-order valence-corrected chi connectivity index (χ0v) is 12.6. The summed E-state index contributed by atoms with van der Waals surface area (Å²) in [6.07, 6.45) is 0. The molecule has 0 radical (unpaired) electrons. The molecular weight excluding hydrogens is 389 g/mol. The Bertz CT molecular complexity index is 574. The fraction of sp³-hybridized carbons (Fsp3) is 0.0769. The minimum atomic E-state index is -0.838. The van der Waals surface area contributed by atoms with Gasteiger partial charge in [0.15, 0.2) is 17.4 Å². The van der Waals surface area contributed by atoms with Crippen molar-refractivity contribution in [2.24, 2.45) is 0 Å². The first-order valence-corrected chi connectivity index (χ1v) is 7.09. The van der Waals surface area contributed by atoms with Gasteiger partial charge in [0.25, 0.3) is 0 Å². The zero-order chi connectivity index (χ0) is 14.0. The van der Waals surface area contributed by atoms with Crippen molar-refractivity contribution in [1.82, 2.24) is 0 Å². The van der Waals surface area contributed by atoms with Crippen LogP contribution < -0.4 is 4.74 Å². The highest BCUT2D eigenvalue weighted by Crippen LogP contribution is 2.31. The van der Waals surface area contributed by atoms with Gasteiger partial charge < -0.3 is 4.74 Å². The van der Waals surface area contributed by atoms with Crippen molar-refractivity contribution >= 4 is 31.9 Å². The summed E-state index contributed by atoms with van der Waals surface area (Å²) >= 11 is 6.18. The second-order valence-corrected chi connectivity index (χ2v) is 5.21. The third-order valence-electron chi connectivity index (χ3n) is 2.27. The quantitative estimate of drug-likeness (QED) is 0.618. The van der Waals surface area contributed by atoms with E-state index in [4.69, 9.17) is 4.74 Å². The minimum absolute atomic E-state index is 0.0104. The maximum absolute atomic E-state index is 13.7. The second kappa shape index (κ2) is 5.96. The van der Waals surface area contributed by atoms with Crippen LogP contribution in [0.3, 0.4) is 0 Å². The maximum atomic E-state index is 13.7. The maximum Gasteiger partial charge on any atom is 0.198 e. The SMILES string of the molecule is Fc1cc(Br)cc(Oc2c(F)cc(CBr)cc2F)c1. The lowest BCUT2D eigenvalue weighted by molar-refractivity contribution is 0.404. The monoisotopic (exact) mass is 394 g/mol.